The van der Waals surface area contributed by atoms with E-state index in [0.29, 0.717) is 114 Å². The van der Waals surface area contributed by atoms with Gasteiger partial charge in [-0.1, -0.05) is 106 Å². The molecule has 0 saturated carbocycles. The highest BCUT2D eigenvalue weighted by atomic mass is 35.5. The summed E-state index contributed by atoms with van der Waals surface area (Å²) in [6.45, 7) is 14.1. The van der Waals surface area contributed by atoms with E-state index in [-0.39, 0.29) is 60.4 Å². The summed E-state index contributed by atoms with van der Waals surface area (Å²) in [6, 6.07) is 27.4. The summed E-state index contributed by atoms with van der Waals surface area (Å²) in [5.41, 5.74) is 1.14. The van der Waals surface area contributed by atoms with E-state index in [1.54, 1.807) is 41.1 Å². The number of aliphatic hydroxyl groups is 1. The molecule has 4 saturated heterocycles. The molecule has 5 heterocycles. The monoisotopic (exact) mass is 1570 g/mol. The zero-order valence-corrected chi connectivity index (χ0v) is 64.9. The summed E-state index contributed by atoms with van der Waals surface area (Å²) in [7, 11) is -11.2. The number of benzene rings is 5. The SMILES string of the molecule is Cc1ncsc1-c1ccc([C@H](C)NC(=O)[C@@H]2C[C@@H](O)CN2C(=O)[C@@H](NC(=O)CCCCCCC(=O)N2C[C@@H]3C[C@H]2CN3CC[C@H](CSc2ccccc2)Nc2ccc(S(=O)(=O)NC(=O)c3ccc(N4CCN(CC5=C(c6ccc(Cl)cc6F)CCCCC5)CC4)cc3)cc2S(=O)(=O)C(F)(F)F)C(C)(C)C)cc1. The van der Waals surface area contributed by atoms with Crippen LogP contribution >= 0.6 is 34.7 Å². The number of carbonyl (C=O) groups excluding carboxylic acids is 5. The molecule has 4 aliphatic heterocycles. The molecule has 0 radical (unpaired) electrons. The van der Waals surface area contributed by atoms with Crippen LogP contribution in [0.25, 0.3) is 16.0 Å². The Kier molecular flexibility index (Phi) is 26.4. The van der Waals surface area contributed by atoms with Gasteiger partial charge in [0.2, 0.25) is 23.6 Å². The van der Waals surface area contributed by atoms with Gasteiger partial charge in [-0.05, 0) is 154 Å². The Morgan fingerprint density at radius 3 is 2.15 bits per heavy atom. The van der Waals surface area contributed by atoms with Crippen molar-refractivity contribution < 1.29 is 63.5 Å². The highest BCUT2D eigenvalue weighted by Gasteiger charge is 2.50. The first-order chi connectivity index (χ1) is 50.9. The van der Waals surface area contributed by atoms with Gasteiger partial charge in [-0.25, -0.2) is 30.9 Å². The molecule has 6 aromatic rings. The summed E-state index contributed by atoms with van der Waals surface area (Å²) in [6.07, 6.45) is 7.77. The van der Waals surface area contributed by atoms with Gasteiger partial charge < -0.3 is 35.8 Å². The zero-order valence-electron chi connectivity index (χ0n) is 60.9. The molecule has 0 unspecified atom stereocenters. The average molecular weight is 1570 g/mol. The number of likely N-dealkylation sites (tertiary alicyclic amines) is 3. The number of rotatable bonds is 29. The second-order valence-corrected chi connectivity index (χ2v) is 35.7. The lowest BCUT2D eigenvalue weighted by Gasteiger charge is -2.37. The number of piperazine rings is 2. The van der Waals surface area contributed by atoms with Crippen LogP contribution in [0.1, 0.15) is 151 Å². The molecule has 1 aliphatic carbocycles. The minimum Gasteiger partial charge on any atom is -0.391 e. The van der Waals surface area contributed by atoms with Crippen molar-refractivity contribution in [3.63, 3.8) is 0 Å². The summed E-state index contributed by atoms with van der Waals surface area (Å²) >= 11 is 9.03. The van der Waals surface area contributed by atoms with Crippen molar-refractivity contribution in [2.24, 2.45) is 5.41 Å². The van der Waals surface area contributed by atoms with Crippen LogP contribution in [-0.2, 0) is 39.0 Å². The first kappa shape index (κ1) is 80.6. The Bertz CT molecular complexity index is 4430. The number of fused-ring (bicyclic) bond motifs is 2. The number of sulfonamides is 1. The number of hydrogen-bond acceptors (Lipinski definition) is 17. The topological polar surface area (TPSA) is 251 Å². The Labute approximate surface area is 637 Å². The largest absolute Gasteiger partial charge is 0.501 e. The fourth-order valence-electron chi connectivity index (χ4n) is 15.1. The van der Waals surface area contributed by atoms with Crippen LogP contribution < -0.4 is 25.6 Å². The van der Waals surface area contributed by atoms with Gasteiger partial charge in [-0.3, -0.25) is 33.8 Å². The van der Waals surface area contributed by atoms with Crippen LogP contribution in [0.15, 0.2) is 141 Å². The molecule has 29 heteroatoms. The minimum absolute atomic E-state index is 0.00414. The van der Waals surface area contributed by atoms with Crippen molar-refractivity contribution in [1.29, 1.82) is 0 Å². The second-order valence-electron chi connectivity index (χ2n) is 29.8. The standard InChI is InChI=1S/C78H95ClF4N10O10S4/c1-50(52-22-24-53(25-23-52)72-51(2)84-49-105-72)85-75(98)68-42-61(94)47-93(68)76(99)73(77(3,4)5)87-70(95)20-14-6-7-15-21-71(96)92-46-59-41-60(92)45-91(59)35-34-57(48-104-62-17-11-9-12-18-62)86-67-33-31-63(43-69(67)106(100,101)78(81,82)83)107(102,103)88-74(97)54-26-29-58(30-27-54)90-38-36-89(37-39-90)44-55-16-10-8-13-19-64(55)65-32-28-56(79)40-66(65)80/h9,11-12,17-18,22-33,40,43,49-50,57,59-61,68,73,86,94H,6-8,10,13-16,19-21,34-39,41-42,44-48H2,1-5H3,(H,85,98)(H,87,95)(H,88,97)/t50-,57+,59-,60-,61+,68-,73+/m0/s1. The molecule has 1 aromatic heterocycles. The summed E-state index contributed by atoms with van der Waals surface area (Å²) in [4.78, 5) is 82.9. The zero-order chi connectivity index (χ0) is 76.5. The average Bonchev–Trinajstić information content (AvgIpc) is 1.70. The highest BCUT2D eigenvalue weighted by molar-refractivity contribution is 7.99. The van der Waals surface area contributed by atoms with Crippen LogP contribution in [-0.4, -0.2) is 183 Å². The molecular weight excluding hydrogens is 1480 g/mol. The molecule has 20 nitrogen and oxygen atoms in total. The Morgan fingerprint density at radius 2 is 1.49 bits per heavy atom. The van der Waals surface area contributed by atoms with Crippen molar-refractivity contribution in [2.45, 2.75) is 187 Å². The van der Waals surface area contributed by atoms with Crippen LogP contribution in [0.2, 0.25) is 5.02 Å². The number of carbonyl (C=O) groups is 5. The second kappa shape index (κ2) is 35.1. The van der Waals surface area contributed by atoms with Gasteiger partial charge >= 0.3 is 5.51 Å². The van der Waals surface area contributed by atoms with Gasteiger partial charge in [0.15, 0.2) is 0 Å². The molecular formula is C78H95ClF4N10O10S4. The molecule has 4 fully saturated rings. The summed E-state index contributed by atoms with van der Waals surface area (Å²) < 4.78 is 116. The third-order valence-electron chi connectivity index (χ3n) is 21.1. The van der Waals surface area contributed by atoms with Crippen LogP contribution in [0, 0.1) is 18.2 Å². The van der Waals surface area contributed by atoms with Crippen molar-refractivity contribution in [2.75, 3.05) is 74.9 Å². The molecule has 5 N–H and O–H groups in total. The number of nitrogens with zero attached hydrogens (tertiary/aromatic N) is 6. The number of allylic oxidation sites excluding steroid dienone is 1. The molecule has 0 spiro atoms. The van der Waals surface area contributed by atoms with E-state index in [1.165, 1.54) is 40.4 Å². The number of aromatic nitrogens is 1. The maximum absolute atomic E-state index is 15.1. The van der Waals surface area contributed by atoms with E-state index in [0.717, 1.165) is 82.1 Å². The predicted molar refractivity (Wildman–Crippen MR) is 410 cm³/mol. The first-order valence-corrected chi connectivity index (χ1v) is 41.9. The normalized spacial score (nSPS) is 19.9. The van der Waals surface area contributed by atoms with Gasteiger partial charge in [-0.15, -0.1) is 23.1 Å². The van der Waals surface area contributed by atoms with Gasteiger partial charge in [-0.2, -0.15) is 13.2 Å². The number of alkyl halides is 3. The minimum atomic E-state index is -6.19. The van der Waals surface area contributed by atoms with E-state index in [2.05, 4.69) is 35.6 Å². The molecule has 107 heavy (non-hydrogen) atoms. The van der Waals surface area contributed by atoms with Crippen molar-refractivity contribution in [1.82, 2.24) is 39.9 Å². The lowest BCUT2D eigenvalue weighted by atomic mass is 9.85. The van der Waals surface area contributed by atoms with E-state index in [4.69, 9.17) is 11.6 Å². The molecule has 11 rings (SSSR count). The number of β-amino-alcohol motifs (C(OH)–C–C–N with tert-alkyl or cyclic N) is 1. The molecule has 2 bridgehead atoms. The Morgan fingerprint density at radius 1 is 0.776 bits per heavy atom. The number of thiazole rings is 1. The van der Waals surface area contributed by atoms with Gasteiger partial charge in [0.25, 0.3) is 25.8 Å². The number of hydrogen-bond donors (Lipinski definition) is 5. The summed E-state index contributed by atoms with van der Waals surface area (Å²) in [5.74, 6) is -2.32. The van der Waals surface area contributed by atoms with Crippen molar-refractivity contribution in [3.8, 4) is 10.4 Å². The molecule has 5 aliphatic rings. The number of unbranched alkanes of at least 4 members (excludes halogenated alkanes) is 3. The fraction of sp³-hybridized carbons (Fsp3) is 0.487. The summed E-state index contributed by atoms with van der Waals surface area (Å²) in [5, 5.41) is 20.1. The van der Waals surface area contributed by atoms with E-state index >= 15 is 4.39 Å². The quantitative estimate of drug-likeness (QED) is 0.0166. The number of nitrogens with one attached hydrogen (secondary N) is 4. The molecule has 576 valence electrons. The van der Waals surface area contributed by atoms with Gasteiger partial charge in [0.05, 0.1) is 38.8 Å². The first-order valence-electron chi connectivity index (χ1n) is 36.7. The van der Waals surface area contributed by atoms with E-state index in [1.807, 2.05) is 98.8 Å². The van der Waals surface area contributed by atoms with Crippen molar-refractivity contribution >= 4 is 101 Å². The number of halogens is 5. The van der Waals surface area contributed by atoms with Crippen LogP contribution in [0.4, 0.5) is 28.9 Å². The number of amides is 5. The predicted octanol–water partition coefficient (Wildman–Crippen LogP) is 12.8. The number of aryl methyl sites for hydroxylation is 1. The lowest BCUT2D eigenvalue weighted by Crippen LogP contribution is -2.57. The molecule has 5 aromatic carbocycles. The molecule has 5 amide bonds. The van der Waals surface area contributed by atoms with Crippen molar-refractivity contribution in [3.05, 3.63) is 160 Å². The lowest BCUT2D eigenvalue weighted by molar-refractivity contribution is -0.144. The highest BCUT2D eigenvalue weighted by Crippen LogP contribution is 2.40. The fourth-order valence-corrected chi connectivity index (χ4v) is 19.1. The van der Waals surface area contributed by atoms with Gasteiger partial charge in [0, 0.05) is 129 Å². The van der Waals surface area contributed by atoms with E-state index in [9.17, 15) is 59.1 Å². The van der Waals surface area contributed by atoms with E-state index < -0.39 is 94.3 Å². The smallest absolute Gasteiger partial charge is 0.391 e. The maximum Gasteiger partial charge on any atom is 0.501 e. The third-order valence-corrected chi connectivity index (χ3v) is 26.3. The van der Waals surface area contributed by atoms with Gasteiger partial charge in [0.1, 0.15) is 22.8 Å². The number of sulfone groups is 1. The Hall–Kier alpha value is -7.44. The Balaban J connectivity index is 0.643. The number of anilines is 2. The third kappa shape index (κ3) is 20.1. The number of aliphatic hydroxyl groups excluding tert-OH is 1. The van der Waals surface area contributed by atoms with Crippen LogP contribution in [0.3, 0.4) is 0 Å². The maximum atomic E-state index is 15.1. The number of thioether (sulfide) groups is 1. The molecule has 7 atom stereocenters. The van der Waals surface area contributed by atoms with Crippen LogP contribution in [0.5, 0.6) is 0 Å².